The van der Waals surface area contributed by atoms with Gasteiger partial charge in [-0.15, -0.1) is 0 Å². The van der Waals surface area contributed by atoms with Gasteiger partial charge in [0.1, 0.15) is 0 Å². The van der Waals surface area contributed by atoms with E-state index >= 15 is 0 Å². The lowest BCUT2D eigenvalue weighted by atomic mass is 10.1. The van der Waals surface area contributed by atoms with Crippen molar-refractivity contribution in [3.8, 4) is 0 Å². The second kappa shape index (κ2) is 21.2. The van der Waals surface area contributed by atoms with E-state index in [1.54, 1.807) is 0 Å². The van der Waals surface area contributed by atoms with Crippen LogP contribution in [0.15, 0.2) is 24.3 Å². The van der Waals surface area contributed by atoms with Crippen LogP contribution in [0.5, 0.6) is 0 Å². The summed E-state index contributed by atoms with van der Waals surface area (Å²) >= 11 is 0. The lowest BCUT2D eigenvalue weighted by Gasteiger charge is -1.98. The van der Waals surface area contributed by atoms with Crippen molar-refractivity contribution in [1.82, 2.24) is 0 Å². The number of carboxylic acids is 1. The first-order chi connectivity index (χ1) is 10.1. The Bertz CT molecular complexity index is 253. The summed E-state index contributed by atoms with van der Waals surface area (Å²) < 4.78 is 0. The molecule has 0 aromatic carbocycles. The number of hydrogen-bond acceptors (Lipinski definition) is 2. The Morgan fingerprint density at radius 2 is 1.29 bits per heavy atom. The molecule has 3 nitrogen and oxygen atoms in total. The molecule has 0 aliphatic carbocycles. The van der Waals surface area contributed by atoms with E-state index in [0.717, 1.165) is 13.3 Å². The van der Waals surface area contributed by atoms with E-state index in [2.05, 4.69) is 31.2 Å². The van der Waals surface area contributed by atoms with Crippen molar-refractivity contribution in [3.63, 3.8) is 0 Å². The fraction of sp³-hybridized carbons (Fsp3) is 0.722. The standard InChI is InChI=1S/C16H30O.C2H4O2/c1-2-3-4-5-6-7-8-9-10-11-12-13-14-15-16-17;1-2(3)4/h5-8,17H,2-4,9-16H2,1H3;1H3,(H,3,4). The molecule has 0 spiro atoms. The molecule has 124 valence electrons. The maximum Gasteiger partial charge on any atom is 0.300 e. The van der Waals surface area contributed by atoms with Crippen molar-refractivity contribution < 1.29 is 15.0 Å². The van der Waals surface area contributed by atoms with Gasteiger partial charge in [-0.3, -0.25) is 4.79 Å². The highest BCUT2D eigenvalue weighted by molar-refractivity contribution is 5.62. The number of hydrogen-bond donors (Lipinski definition) is 2. The molecular formula is C18H34O3. The van der Waals surface area contributed by atoms with E-state index in [1.807, 2.05) is 0 Å². The lowest BCUT2D eigenvalue weighted by Crippen LogP contribution is -1.83. The Labute approximate surface area is 130 Å². The van der Waals surface area contributed by atoms with Crippen LogP contribution in [0.4, 0.5) is 0 Å². The van der Waals surface area contributed by atoms with Crippen LogP contribution in [0.3, 0.4) is 0 Å². The molecular weight excluding hydrogens is 264 g/mol. The van der Waals surface area contributed by atoms with E-state index < -0.39 is 5.97 Å². The van der Waals surface area contributed by atoms with Crippen LogP contribution in [0, 0.1) is 0 Å². The summed E-state index contributed by atoms with van der Waals surface area (Å²) in [5.41, 5.74) is 0. The zero-order valence-electron chi connectivity index (χ0n) is 13.9. The summed E-state index contributed by atoms with van der Waals surface area (Å²) in [6.45, 7) is 3.66. The first-order valence-corrected chi connectivity index (χ1v) is 8.27. The van der Waals surface area contributed by atoms with E-state index in [0.29, 0.717) is 6.61 Å². The number of carbonyl (C=O) groups is 1. The maximum atomic E-state index is 9.00. The average molecular weight is 298 g/mol. The number of unbranched alkanes of at least 4 members (excludes halogenated alkanes) is 8. The number of rotatable bonds is 12. The molecule has 0 saturated heterocycles. The SMILES string of the molecule is CC(=O)O.CCCCC=CC=CCCCCCCCCO. The molecule has 0 heterocycles. The molecule has 21 heavy (non-hydrogen) atoms. The average Bonchev–Trinajstić information content (AvgIpc) is 2.43. The number of carboxylic acid groups (broad SMARTS) is 1. The maximum absolute atomic E-state index is 9.00. The van der Waals surface area contributed by atoms with Gasteiger partial charge < -0.3 is 10.2 Å². The zero-order valence-corrected chi connectivity index (χ0v) is 13.9. The monoisotopic (exact) mass is 298 g/mol. The fourth-order valence-electron chi connectivity index (χ4n) is 1.75. The molecule has 0 bridgehead atoms. The normalized spacial score (nSPS) is 10.8. The Kier molecular flexibility index (Phi) is 22.4. The third kappa shape index (κ3) is 32.4. The Balaban J connectivity index is 0. The number of aliphatic hydroxyl groups excluding tert-OH is 1. The van der Waals surface area contributed by atoms with Gasteiger partial charge in [0.05, 0.1) is 0 Å². The van der Waals surface area contributed by atoms with Gasteiger partial charge >= 0.3 is 0 Å². The topological polar surface area (TPSA) is 57.5 Å². The van der Waals surface area contributed by atoms with Crippen molar-refractivity contribution in [1.29, 1.82) is 0 Å². The molecule has 3 heteroatoms. The van der Waals surface area contributed by atoms with Gasteiger partial charge in [-0.1, -0.05) is 69.8 Å². The van der Waals surface area contributed by atoms with Gasteiger partial charge in [0.15, 0.2) is 0 Å². The molecule has 0 aromatic heterocycles. The largest absolute Gasteiger partial charge is 0.481 e. The number of aliphatic hydroxyl groups is 1. The fourth-order valence-corrected chi connectivity index (χ4v) is 1.75. The molecule has 0 rings (SSSR count). The molecule has 0 fully saturated rings. The molecule has 0 aliphatic rings. The van der Waals surface area contributed by atoms with Gasteiger partial charge in [-0.05, 0) is 25.7 Å². The van der Waals surface area contributed by atoms with Crippen LogP contribution in [-0.4, -0.2) is 22.8 Å². The van der Waals surface area contributed by atoms with Crippen LogP contribution >= 0.6 is 0 Å². The van der Waals surface area contributed by atoms with Crippen LogP contribution < -0.4 is 0 Å². The molecule has 2 N–H and O–H groups in total. The first-order valence-electron chi connectivity index (χ1n) is 8.27. The molecule has 0 aliphatic heterocycles. The van der Waals surface area contributed by atoms with Crippen LogP contribution in [0.2, 0.25) is 0 Å². The molecule has 0 saturated carbocycles. The summed E-state index contributed by atoms with van der Waals surface area (Å²) in [6, 6.07) is 0. The van der Waals surface area contributed by atoms with Crippen molar-refractivity contribution in [2.75, 3.05) is 6.61 Å². The van der Waals surface area contributed by atoms with E-state index in [-0.39, 0.29) is 0 Å². The predicted molar refractivity (Wildman–Crippen MR) is 90.5 cm³/mol. The molecule has 0 unspecified atom stereocenters. The first kappa shape index (κ1) is 22.2. The van der Waals surface area contributed by atoms with Crippen LogP contribution in [0.1, 0.15) is 78.1 Å². The quantitative estimate of drug-likeness (QED) is 0.389. The van der Waals surface area contributed by atoms with E-state index in [1.165, 1.54) is 57.8 Å². The Morgan fingerprint density at radius 3 is 1.76 bits per heavy atom. The Hall–Kier alpha value is -1.09. The van der Waals surface area contributed by atoms with Crippen LogP contribution in [-0.2, 0) is 4.79 Å². The summed E-state index contributed by atoms with van der Waals surface area (Å²) in [4.78, 5) is 9.00. The summed E-state index contributed by atoms with van der Waals surface area (Å²) in [6.07, 6.45) is 21.3. The summed E-state index contributed by atoms with van der Waals surface area (Å²) in [5.74, 6) is -0.833. The highest BCUT2D eigenvalue weighted by Gasteiger charge is 1.89. The Morgan fingerprint density at radius 1 is 0.857 bits per heavy atom. The van der Waals surface area contributed by atoms with Crippen molar-refractivity contribution in [2.45, 2.75) is 78.1 Å². The molecule has 0 radical (unpaired) electrons. The molecule has 0 amide bonds. The van der Waals surface area contributed by atoms with E-state index in [9.17, 15) is 0 Å². The van der Waals surface area contributed by atoms with E-state index in [4.69, 9.17) is 15.0 Å². The number of allylic oxidation sites excluding steroid dienone is 4. The van der Waals surface area contributed by atoms with Crippen molar-refractivity contribution >= 4 is 5.97 Å². The smallest absolute Gasteiger partial charge is 0.300 e. The van der Waals surface area contributed by atoms with Crippen LogP contribution in [0.25, 0.3) is 0 Å². The van der Waals surface area contributed by atoms with Crippen molar-refractivity contribution in [2.24, 2.45) is 0 Å². The highest BCUT2D eigenvalue weighted by atomic mass is 16.4. The molecule has 0 aromatic rings. The minimum absolute atomic E-state index is 0.354. The predicted octanol–water partition coefficient (Wildman–Crippen LogP) is 5.10. The second-order valence-electron chi connectivity index (χ2n) is 5.15. The van der Waals surface area contributed by atoms with Crippen molar-refractivity contribution in [3.05, 3.63) is 24.3 Å². The van der Waals surface area contributed by atoms with Gasteiger partial charge in [0.2, 0.25) is 0 Å². The van der Waals surface area contributed by atoms with Gasteiger partial charge in [-0.2, -0.15) is 0 Å². The van der Waals surface area contributed by atoms with Gasteiger partial charge in [0.25, 0.3) is 5.97 Å². The number of aliphatic carboxylic acids is 1. The van der Waals surface area contributed by atoms with Gasteiger partial charge in [0, 0.05) is 13.5 Å². The minimum Gasteiger partial charge on any atom is -0.481 e. The zero-order chi connectivity index (χ0) is 16.2. The lowest BCUT2D eigenvalue weighted by molar-refractivity contribution is -0.134. The molecule has 0 atom stereocenters. The second-order valence-corrected chi connectivity index (χ2v) is 5.15. The summed E-state index contributed by atoms with van der Waals surface area (Å²) in [5, 5.41) is 16.0. The highest BCUT2D eigenvalue weighted by Crippen LogP contribution is 2.07. The summed E-state index contributed by atoms with van der Waals surface area (Å²) in [7, 11) is 0. The third-order valence-electron chi connectivity index (χ3n) is 2.89. The third-order valence-corrected chi connectivity index (χ3v) is 2.89. The van der Waals surface area contributed by atoms with Gasteiger partial charge in [-0.25, -0.2) is 0 Å². The minimum atomic E-state index is -0.833.